The Balaban J connectivity index is 1.91. The van der Waals surface area contributed by atoms with E-state index in [0.29, 0.717) is 6.04 Å². The van der Waals surface area contributed by atoms with Crippen LogP contribution in [0.5, 0.6) is 0 Å². The average molecular weight is 216 g/mol. The molecule has 2 rings (SSSR count). The van der Waals surface area contributed by atoms with Crippen molar-refractivity contribution in [2.75, 3.05) is 44.9 Å². The first-order valence-electron chi connectivity index (χ1n) is 5.47. The summed E-state index contributed by atoms with van der Waals surface area (Å²) in [6.07, 6.45) is 1.37. The summed E-state index contributed by atoms with van der Waals surface area (Å²) in [5, 5.41) is 3.26. The molecule has 1 N–H and O–H groups in total. The van der Waals surface area contributed by atoms with E-state index in [9.17, 15) is 0 Å². The van der Waals surface area contributed by atoms with Crippen molar-refractivity contribution >= 4 is 11.8 Å². The van der Waals surface area contributed by atoms with Crippen LogP contribution >= 0.6 is 11.8 Å². The predicted molar refractivity (Wildman–Crippen MR) is 61.0 cm³/mol. The van der Waals surface area contributed by atoms with Gasteiger partial charge in [-0.05, 0) is 19.2 Å². The van der Waals surface area contributed by atoms with E-state index in [1.54, 1.807) is 0 Å². The molecule has 0 aromatic rings. The van der Waals surface area contributed by atoms with Crippen LogP contribution < -0.4 is 5.32 Å². The Morgan fingerprint density at radius 1 is 1.57 bits per heavy atom. The zero-order chi connectivity index (χ0) is 9.80. The summed E-state index contributed by atoms with van der Waals surface area (Å²) in [6, 6.07) is 1.40. The van der Waals surface area contributed by atoms with Gasteiger partial charge in [0.05, 0.1) is 13.2 Å². The van der Waals surface area contributed by atoms with Crippen LogP contribution in [0.15, 0.2) is 0 Å². The average Bonchev–Trinajstić information content (AvgIpc) is 2.72. The molecule has 0 aromatic heterocycles. The van der Waals surface area contributed by atoms with Crippen LogP contribution in [0.4, 0.5) is 0 Å². The van der Waals surface area contributed by atoms with Gasteiger partial charge in [-0.25, -0.2) is 0 Å². The minimum atomic E-state index is 0.595. The fraction of sp³-hybridized carbons (Fsp3) is 1.00. The van der Waals surface area contributed by atoms with Gasteiger partial charge in [0.15, 0.2) is 0 Å². The summed E-state index contributed by atoms with van der Waals surface area (Å²) in [7, 11) is 2.02. The molecule has 2 fully saturated rings. The highest BCUT2D eigenvalue weighted by Crippen LogP contribution is 2.24. The molecule has 82 valence electrons. The Bertz CT molecular complexity index is 172. The highest BCUT2D eigenvalue weighted by Gasteiger charge is 2.30. The van der Waals surface area contributed by atoms with E-state index in [1.165, 1.54) is 17.9 Å². The molecule has 4 heteroatoms. The van der Waals surface area contributed by atoms with Gasteiger partial charge in [0.1, 0.15) is 0 Å². The van der Waals surface area contributed by atoms with Gasteiger partial charge >= 0.3 is 0 Å². The molecule has 0 spiro atoms. The third-order valence-electron chi connectivity index (χ3n) is 3.09. The molecule has 2 atom stereocenters. The standard InChI is InChI=1S/C10H20N2OS/c1-11-6-10-7-13-4-3-12(10)9-2-5-14-8-9/h9-11H,2-8H2,1H3. The number of nitrogens with one attached hydrogen (secondary N) is 1. The normalized spacial score (nSPS) is 34.9. The van der Waals surface area contributed by atoms with Crippen LogP contribution in [0.25, 0.3) is 0 Å². The third kappa shape index (κ3) is 2.42. The van der Waals surface area contributed by atoms with Crippen molar-refractivity contribution in [3.63, 3.8) is 0 Å². The molecule has 2 aliphatic rings. The maximum absolute atomic E-state index is 5.54. The second-order valence-electron chi connectivity index (χ2n) is 4.04. The third-order valence-corrected chi connectivity index (χ3v) is 4.23. The quantitative estimate of drug-likeness (QED) is 0.738. The molecule has 0 aliphatic carbocycles. The van der Waals surface area contributed by atoms with Gasteiger partial charge < -0.3 is 10.1 Å². The number of hydrogen-bond donors (Lipinski definition) is 1. The van der Waals surface area contributed by atoms with Crippen molar-refractivity contribution < 1.29 is 4.74 Å². The summed E-state index contributed by atoms with van der Waals surface area (Å²) in [4.78, 5) is 2.65. The molecular weight excluding hydrogens is 196 g/mol. The number of morpholine rings is 1. The zero-order valence-electron chi connectivity index (χ0n) is 8.87. The predicted octanol–water partition coefficient (Wildman–Crippen LogP) is 0.412. The van der Waals surface area contributed by atoms with Crippen LogP contribution in [0.3, 0.4) is 0 Å². The van der Waals surface area contributed by atoms with Crippen LogP contribution in [0, 0.1) is 0 Å². The van der Waals surface area contributed by atoms with E-state index in [-0.39, 0.29) is 0 Å². The highest BCUT2D eigenvalue weighted by molar-refractivity contribution is 7.99. The summed E-state index contributed by atoms with van der Waals surface area (Å²) >= 11 is 2.09. The summed E-state index contributed by atoms with van der Waals surface area (Å²) in [6.45, 7) is 4.00. The minimum Gasteiger partial charge on any atom is -0.378 e. The van der Waals surface area contributed by atoms with Crippen molar-refractivity contribution in [3.05, 3.63) is 0 Å². The highest BCUT2D eigenvalue weighted by atomic mass is 32.2. The maximum Gasteiger partial charge on any atom is 0.0635 e. The number of ether oxygens (including phenoxy) is 1. The van der Waals surface area contributed by atoms with E-state index in [2.05, 4.69) is 22.0 Å². The molecule has 0 radical (unpaired) electrons. The Morgan fingerprint density at radius 3 is 3.21 bits per heavy atom. The molecule has 0 bridgehead atoms. The van der Waals surface area contributed by atoms with Gasteiger partial charge in [-0.1, -0.05) is 0 Å². The SMILES string of the molecule is CNCC1COCCN1C1CCSC1. The van der Waals surface area contributed by atoms with Crippen LogP contribution in [0.1, 0.15) is 6.42 Å². The molecule has 2 unspecified atom stereocenters. The van der Waals surface area contributed by atoms with Crippen molar-refractivity contribution in [2.45, 2.75) is 18.5 Å². The van der Waals surface area contributed by atoms with Crippen molar-refractivity contribution in [3.8, 4) is 0 Å². The number of likely N-dealkylation sites (N-methyl/N-ethyl adjacent to an activating group) is 1. The molecule has 2 saturated heterocycles. The summed E-state index contributed by atoms with van der Waals surface area (Å²) in [5.41, 5.74) is 0. The maximum atomic E-state index is 5.54. The van der Waals surface area contributed by atoms with Gasteiger partial charge in [0.2, 0.25) is 0 Å². The number of hydrogen-bond acceptors (Lipinski definition) is 4. The topological polar surface area (TPSA) is 24.5 Å². The van der Waals surface area contributed by atoms with E-state index in [4.69, 9.17) is 4.74 Å². The van der Waals surface area contributed by atoms with Gasteiger partial charge in [-0.15, -0.1) is 0 Å². The molecule has 0 saturated carbocycles. The van der Waals surface area contributed by atoms with E-state index in [1.807, 2.05) is 7.05 Å². The number of nitrogens with zero attached hydrogens (tertiary/aromatic N) is 1. The largest absolute Gasteiger partial charge is 0.378 e. The van der Waals surface area contributed by atoms with Gasteiger partial charge in [0.25, 0.3) is 0 Å². The second kappa shape index (κ2) is 5.35. The summed E-state index contributed by atoms with van der Waals surface area (Å²) in [5.74, 6) is 2.66. The zero-order valence-corrected chi connectivity index (χ0v) is 9.68. The van der Waals surface area contributed by atoms with E-state index >= 15 is 0 Å². The fourth-order valence-electron chi connectivity index (χ4n) is 2.34. The lowest BCUT2D eigenvalue weighted by Crippen LogP contribution is -2.54. The minimum absolute atomic E-state index is 0.595. The van der Waals surface area contributed by atoms with Crippen LogP contribution in [0.2, 0.25) is 0 Å². The van der Waals surface area contributed by atoms with Crippen LogP contribution in [-0.2, 0) is 4.74 Å². The summed E-state index contributed by atoms with van der Waals surface area (Å²) < 4.78 is 5.54. The molecule has 0 amide bonds. The lowest BCUT2D eigenvalue weighted by atomic mass is 10.1. The molecule has 0 aromatic carbocycles. The fourth-order valence-corrected chi connectivity index (χ4v) is 3.58. The number of thioether (sulfide) groups is 1. The first-order chi connectivity index (χ1) is 6.92. The van der Waals surface area contributed by atoms with Crippen molar-refractivity contribution in [1.82, 2.24) is 10.2 Å². The Labute approximate surface area is 90.6 Å². The lowest BCUT2D eigenvalue weighted by molar-refractivity contribution is -0.0226. The number of rotatable bonds is 3. The first kappa shape index (κ1) is 10.7. The molecular formula is C10H20N2OS. The second-order valence-corrected chi connectivity index (χ2v) is 5.19. The monoisotopic (exact) mass is 216 g/mol. The molecule has 2 heterocycles. The van der Waals surface area contributed by atoms with E-state index < -0.39 is 0 Å². The molecule has 14 heavy (non-hydrogen) atoms. The Hall–Kier alpha value is 0.230. The van der Waals surface area contributed by atoms with E-state index in [0.717, 1.165) is 32.3 Å². The van der Waals surface area contributed by atoms with Crippen molar-refractivity contribution in [2.24, 2.45) is 0 Å². The van der Waals surface area contributed by atoms with Crippen molar-refractivity contribution in [1.29, 1.82) is 0 Å². The smallest absolute Gasteiger partial charge is 0.0635 e. The Morgan fingerprint density at radius 2 is 2.50 bits per heavy atom. The molecule has 3 nitrogen and oxygen atoms in total. The van der Waals surface area contributed by atoms with Crippen LogP contribution in [-0.4, -0.2) is 61.8 Å². The van der Waals surface area contributed by atoms with Gasteiger partial charge in [-0.2, -0.15) is 11.8 Å². The molecule has 2 aliphatic heterocycles. The Kier molecular flexibility index (Phi) is 4.10. The van der Waals surface area contributed by atoms with Gasteiger partial charge in [-0.3, -0.25) is 4.90 Å². The first-order valence-corrected chi connectivity index (χ1v) is 6.63. The van der Waals surface area contributed by atoms with Gasteiger partial charge in [0, 0.05) is 30.9 Å². The lowest BCUT2D eigenvalue weighted by Gasteiger charge is -2.39.